The van der Waals surface area contributed by atoms with Gasteiger partial charge >= 0.3 is 0 Å². The van der Waals surface area contributed by atoms with E-state index >= 15 is 0 Å². The van der Waals surface area contributed by atoms with E-state index in [0.717, 1.165) is 17.4 Å². The highest BCUT2D eigenvalue weighted by Gasteiger charge is 2.36. The van der Waals surface area contributed by atoms with E-state index in [2.05, 4.69) is 13.0 Å². The molecule has 1 fully saturated rings. The van der Waals surface area contributed by atoms with Crippen LogP contribution in [0.1, 0.15) is 30.8 Å². The normalized spacial score (nSPS) is 28.9. The molecule has 2 atom stereocenters. The van der Waals surface area contributed by atoms with Crippen molar-refractivity contribution in [2.45, 2.75) is 25.8 Å². The predicted molar refractivity (Wildman–Crippen MR) is 43.1 cm³/mol. The smallest absolute Gasteiger partial charge is 0.117 e. The number of hydrogen-bond donors (Lipinski definition) is 1. The molecule has 0 saturated heterocycles. The van der Waals surface area contributed by atoms with Crippen LogP contribution < -0.4 is 5.73 Å². The maximum absolute atomic E-state index is 5.50. The van der Waals surface area contributed by atoms with Gasteiger partial charge in [0.1, 0.15) is 11.5 Å². The fraction of sp³-hybridized carbons (Fsp3) is 0.556. The molecule has 2 rings (SSSR count). The van der Waals surface area contributed by atoms with Crippen LogP contribution in [0.4, 0.5) is 0 Å². The summed E-state index contributed by atoms with van der Waals surface area (Å²) in [6, 6.07) is 4.02. The highest BCUT2D eigenvalue weighted by molar-refractivity contribution is 5.17. The molecule has 1 aromatic rings. The minimum atomic E-state index is 0.515. The third-order valence-electron chi connectivity index (χ3n) is 2.36. The lowest BCUT2D eigenvalue weighted by molar-refractivity contribution is 0.463. The van der Waals surface area contributed by atoms with Crippen molar-refractivity contribution in [2.24, 2.45) is 11.7 Å². The Bertz CT molecular complexity index is 254. The SMILES string of the molecule is C[C@@H]1C[C@H]1c1ccc(CN)o1. The average Bonchev–Trinajstić information content (AvgIpc) is 2.59. The second-order valence-electron chi connectivity index (χ2n) is 3.33. The zero-order valence-electron chi connectivity index (χ0n) is 6.71. The van der Waals surface area contributed by atoms with Crippen LogP contribution in [-0.2, 0) is 6.54 Å². The van der Waals surface area contributed by atoms with Crippen molar-refractivity contribution in [3.05, 3.63) is 23.7 Å². The van der Waals surface area contributed by atoms with Crippen LogP contribution in [0.25, 0.3) is 0 Å². The van der Waals surface area contributed by atoms with E-state index in [1.807, 2.05) is 6.07 Å². The summed E-state index contributed by atoms with van der Waals surface area (Å²) in [5.74, 6) is 3.51. The third-order valence-corrected chi connectivity index (χ3v) is 2.36. The second-order valence-corrected chi connectivity index (χ2v) is 3.33. The van der Waals surface area contributed by atoms with Crippen LogP contribution in [0.2, 0.25) is 0 Å². The molecule has 1 aliphatic rings. The first kappa shape index (κ1) is 6.92. The summed E-state index contributed by atoms with van der Waals surface area (Å²) in [4.78, 5) is 0. The van der Waals surface area contributed by atoms with Gasteiger partial charge in [0, 0.05) is 5.92 Å². The Balaban J connectivity index is 2.13. The molecule has 1 saturated carbocycles. The van der Waals surface area contributed by atoms with Crippen LogP contribution in [0.5, 0.6) is 0 Å². The van der Waals surface area contributed by atoms with Crippen molar-refractivity contribution in [3.8, 4) is 0 Å². The highest BCUT2D eigenvalue weighted by Crippen LogP contribution is 2.47. The summed E-state index contributed by atoms with van der Waals surface area (Å²) in [7, 11) is 0. The summed E-state index contributed by atoms with van der Waals surface area (Å²) in [6.45, 7) is 2.76. The molecule has 0 unspecified atom stereocenters. The van der Waals surface area contributed by atoms with Crippen molar-refractivity contribution < 1.29 is 4.42 Å². The lowest BCUT2D eigenvalue weighted by atomic mass is 10.3. The molecule has 0 radical (unpaired) electrons. The maximum atomic E-state index is 5.50. The molecule has 60 valence electrons. The van der Waals surface area contributed by atoms with Gasteiger partial charge in [-0.05, 0) is 24.5 Å². The first-order valence-corrected chi connectivity index (χ1v) is 4.10. The molecule has 0 spiro atoms. The van der Waals surface area contributed by atoms with Crippen LogP contribution in [0.3, 0.4) is 0 Å². The number of hydrogen-bond acceptors (Lipinski definition) is 2. The van der Waals surface area contributed by atoms with Crippen molar-refractivity contribution in [1.82, 2.24) is 0 Å². The second kappa shape index (κ2) is 2.38. The standard InChI is InChI=1S/C9H13NO/c1-6-4-8(6)9-3-2-7(5-10)11-9/h2-3,6,8H,4-5,10H2,1H3/t6-,8-/m1/s1. The summed E-state index contributed by atoms with van der Waals surface area (Å²) < 4.78 is 5.50. The van der Waals surface area contributed by atoms with Gasteiger partial charge in [0.05, 0.1) is 6.54 Å². The van der Waals surface area contributed by atoms with E-state index < -0.39 is 0 Å². The zero-order valence-corrected chi connectivity index (χ0v) is 6.71. The van der Waals surface area contributed by atoms with Crippen LogP contribution >= 0.6 is 0 Å². The molecule has 11 heavy (non-hydrogen) atoms. The van der Waals surface area contributed by atoms with Crippen LogP contribution in [0, 0.1) is 5.92 Å². The van der Waals surface area contributed by atoms with Crippen LogP contribution in [0.15, 0.2) is 16.5 Å². The molecule has 1 aromatic heterocycles. The lowest BCUT2D eigenvalue weighted by Gasteiger charge is -1.90. The fourth-order valence-electron chi connectivity index (χ4n) is 1.42. The molecule has 0 amide bonds. The van der Waals surface area contributed by atoms with Gasteiger partial charge in [-0.3, -0.25) is 0 Å². The summed E-state index contributed by atoms with van der Waals surface area (Å²) >= 11 is 0. The number of nitrogens with two attached hydrogens (primary N) is 1. The van der Waals surface area contributed by atoms with Gasteiger partial charge in [0.2, 0.25) is 0 Å². The average molecular weight is 151 g/mol. The van der Waals surface area contributed by atoms with Crippen molar-refractivity contribution in [3.63, 3.8) is 0 Å². The lowest BCUT2D eigenvalue weighted by Crippen LogP contribution is -1.92. The molecule has 1 heterocycles. The Kier molecular flexibility index (Phi) is 1.50. The van der Waals surface area contributed by atoms with Gasteiger partial charge in [-0.1, -0.05) is 6.92 Å². The molecular weight excluding hydrogens is 138 g/mol. The maximum Gasteiger partial charge on any atom is 0.117 e. The van der Waals surface area contributed by atoms with Gasteiger partial charge in [0.15, 0.2) is 0 Å². The third kappa shape index (κ3) is 1.18. The Morgan fingerprint density at radius 1 is 1.64 bits per heavy atom. The Labute approximate surface area is 66.4 Å². The molecule has 1 aliphatic carbocycles. The summed E-state index contributed by atoms with van der Waals surface area (Å²) in [5, 5.41) is 0. The number of rotatable bonds is 2. The first-order chi connectivity index (χ1) is 5.31. The number of furan rings is 1. The molecule has 0 bridgehead atoms. The van der Waals surface area contributed by atoms with Crippen LogP contribution in [-0.4, -0.2) is 0 Å². The van der Waals surface area contributed by atoms with E-state index in [-0.39, 0.29) is 0 Å². The Morgan fingerprint density at radius 2 is 2.36 bits per heavy atom. The van der Waals surface area contributed by atoms with Gasteiger partial charge < -0.3 is 10.2 Å². The fourth-order valence-corrected chi connectivity index (χ4v) is 1.42. The predicted octanol–water partition coefficient (Wildman–Crippen LogP) is 1.86. The van der Waals surface area contributed by atoms with Gasteiger partial charge in [-0.15, -0.1) is 0 Å². The van der Waals surface area contributed by atoms with Crippen molar-refractivity contribution in [2.75, 3.05) is 0 Å². The summed E-state index contributed by atoms with van der Waals surface area (Å²) in [5.41, 5.74) is 5.42. The largest absolute Gasteiger partial charge is 0.464 e. The minimum absolute atomic E-state index is 0.515. The van der Waals surface area contributed by atoms with Gasteiger partial charge in [-0.25, -0.2) is 0 Å². The quantitative estimate of drug-likeness (QED) is 0.700. The van der Waals surface area contributed by atoms with E-state index in [1.165, 1.54) is 6.42 Å². The molecule has 2 N–H and O–H groups in total. The monoisotopic (exact) mass is 151 g/mol. The Morgan fingerprint density at radius 3 is 2.82 bits per heavy atom. The highest BCUT2D eigenvalue weighted by atomic mass is 16.3. The van der Waals surface area contributed by atoms with Crippen molar-refractivity contribution in [1.29, 1.82) is 0 Å². The molecule has 0 aliphatic heterocycles. The zero-order chi connectivity index (χ0) is 7.84. The molecule has 2 nitrogen and oxygen atoms in total. The van der Waals surface area contributed by atoms with E-state index in [9.17, 15) is 0 Å². The molecule has 2 heteroatoms. The summed E-state index contributed by atoms with van der Waals surface area (Å²) in [6.07, 6.45) is 1.28. The Hall–Kier alpha value is -0.760. The van der Waals surface area contributed by atoms with E-state index in [0.29, 0.717) is 12.5 Å². The van der Waals surface area contributed by atoms with E-state index in [1.54, 1.807) is 0 Å². The van der Waals surface area contributed by atoms with Gasteiger partial charge in [0.25, 0.3) is 0 Å². The van der Waals surface area contributed by atoms with Gasteiger partial charge in [-0.2, -0.15) is 0 Å². The topological polar surface area (TPSA) is 39.2 Å². The molecule has 0 aromatic carbocycles. The molecular formula is C9H13NO. The minimum Gasteiger partial charge on any atom is -0.464 e. The van der Waals surface area contributed by atoms with E-state index in [4.69, 9.17) is 10.2 Å². The van der Waals surface area contributed by atoms with Crippen molar-refractivity contribution >= 4 is 0 Å². The first-order valence-electron chi connectivity index (χ1n) is 4.10.